The number of methoxy groups -OCH3 is 1. The Hall–Kier alpha value is -3.28. The number of ether oxygens (including phenoxy) is 2. The number of benzene rings is 2. The van der Waals surface area contributed by atoms with E-state index in [4.69, 9.17) is 9.47 Å². The molecule has 2 rings (SSSR count). The summed E-state index contributed by atoms with van der Waals surface area (Å²) in [6, 6.07) is 10.4. The number of carbonyl (C=O) groups excluding carboxylic acids is 2. The Balaban J connectivity index is 1.88. The maximum Gasteiger partial charge on any atom is 0.331 e. The second-order valence-electron chi connectivity index (χ2n) is 5.74. The summed E-state index contributed by atoms with van der Waals surface area (Å²) in [5, 5.41) is 12.2. The number of carbonyl (C=O) groups is 2. The Morgan fingerprint density at radius 3 is 2.65 bits per heavy atom. The van der Waals surface area contributed by atoms with Crippen LogP contribution in [0, 0.1) is 13.8 Å². The highest BCUT2D eigenvalue weighted by Gasteiger charge is 2.08. The minimum atomic E-state index is -0.645. The fourth-order valence-electron chi connectivity index (χ4n) is 2.20. The van der Waals surface area contributed by atoms with Gasteiger partial charge < -0.3 is 19.9 Å². The standard InChI is InChI=1S/C20H21NO5/c1-13-4-5-14(2)16(10-13)21-19(23)12-26-20(24)9-7-15-6-8-17(22)18(11-15)25-3/h4-11,22H,12H2,1-3H3,(H,21,23)/b9-7+. The largest absolute Gasteiger partial charge is 0.504 e. The van der Waals surface area contributed by atoms with Gasteiger partial charge >= 0.3 is 5.97 Å². The molecule has 0 spiro atoms. The minimum absolute atomic E-state index is 0.00957. The third-order valence-corrected chi connectivity index (χ3v) is 3.63. The Morgan fingerprint density at radius 1 is 1.15 bits per heavy atom. The Kier molecular flexibility index (Phi) is 6.38. The molecule has 2 aromatic rings. The normalized spacial score (nSPS) is 10.6. The number of phenols is 1. The molecular weight excluding hydrogens is 334 g/mol. The summed E-state index contributed by atoms with van der Waals surface area (Å²) in [6.07, 6.45) is 2.71. The lowest BCUT2D eigenvalue weighted by Crippen LogP contribution is -2.20. The summed E-state index contributed by atoms with van der Waals surface area (Å²) < 4.78 is 9.92. The van der Waals surface area contributed by atoms with Crippen molar-refractivity contribution in [3.63, 3.8) is 0 Å². The molecule has 0 aliphatic carbocycles. The number of amides is 1. The molecule has 0 fully saturated rings. The number of hydrogen-bond acceptors (Lipinski definition) is 5. The number of rotatable bonds is 6. The van der Waals surface area contributed by atoms with Gasteiger partial charge in [0.1, 0.15) is 0 Å². The van der Waals surface area contributed by atoms with E-state index < -0.39 is 11.9 Å². The van der Waals surface area contributed by atoms with E-state index in [9.17, 15) is 14.7 Å². The van der Waals surface area contributed by atoms with Gasteiger partial charge in [-0.05, 0) is 54.8 Å². The van der Waals surface area contributed by atoms with Crippen LogP contribution in [-0.4, -0.2) is 30.7 Å². The van der Waals surface area contributed by atoms with E-state index in [1.165, 1.54) is 25.3 Å². The van der Waals surface area contributed by atoms with Crippen LogP contribution < -0.4 is 10.1 Å². The highest BCUT2D eigenvalue weighted by atomic mass is 16.5. The Morgan fingerprint density at radius 2 is 1.92 bits per heavy atom. The van der Waals surface area contributed by atoms with Gasteiger partial charge in [0.15, 0.2) is 18.1 Å². The van der Waals surface area contributed by atoms with Crippen LogP contribution in [0.1, 0.15) is 16.7 Å². The molecule has 0 radical (unpaired) electrons. The quantitative estimate of drug-likeness (QED) is 0.614. The van der Waals surface area contributed by atoms with E-state index >= 15 is 0 Å². The van der Waals surface area contributed by atoms with E-state index in [-0.39, 0.29) is 12.4 Å². The summed E-state index contributed by atoms with van der Waals surface area (Å²) in [7, 11) is 1.44. The lowest BCUT2D eigenvalue weighted by atomic mass is 10.1. The Bertz CT molecular complexity index is 842. The average Bonchev–Trinajstić information content (AvgIpc) is 2.62. The first-order valence-corrected chi connectivity index (χ1v) is 7.98. The molecule has 0 atom stereocenters. The SMILES string of the molecule is COc1cc(/C=C/C(=O)OCC(=O)Nc2cc(C)ccc2C)ccc1O. The van der Waals surface area contributed by atoms with E-state index in [1.807, 2.05) is 32.0 Å². The number of hydrogen-bond donors (Lipinski definition) is 2. The van der Waals surface area contributed by atoms with Gasteiger partial charge in [-0.15, -0.1) is 0 Å². The molecule has 0 unspecified atom stereocenters. The lowest BCUT2D eigenvalue weighted by molar-refractivity contribution is -0.142. The first-order chi connectivity index (χ1) is 12.4. The molecular formula is C20H21NO5. The van der Waals surface area contributed by atoms with Gasteiger partial charge in [-0.3, -0.25) is 4.79 Å². The van der Waals surface area contributed by atoms with Crippen molar-refractivity contribution in [1.29, 1.82) is 0 Å². The van der Waals surface area contributed by atoms with Crippen molar-refractivity contribution < 1.29 is 24.2 Å². The van der Waals surface area contributed by atoms with Crippen molar-refractivity contribution in [1.82, 2.24) is 0 Å². The summed E-state index contributed by atoms with van der Waals surface area (Å²) in [6.45, 7) is 3.43. The van der Waals surface area contributed by atoms with Crippen molar-refractivity contribution in [3.05, 3.63) is 59.2 Å². The zero-order valence-corrected chi connectivity index (χ0v) is 14.9. The molecule has 0 saturated heterocycles. The van der Waals surface area contributed by atoms with Gasteiger partial charge in [0, 0.05) is 11.8 Å². The van der Waals surface area contributed by atoms with E-state index in [1.54, 1.807) is 12.1 Å². The van der Waals surface area contributed by atoms with Crippen LogP contribution in [-0.2, 0) is 14.3 Å². The third-order valence-electron chi connectivity index (χ3n) is 3.63. The number of esters is 1. The molecule has 2 aromatic carbocycles. The van der Waals surface area contributed by atoms with Crippen molar-refractivity contribution >= 4 is 23.6 Å². The van der Waals surface area contributed by atoms with Gasteiger partial charge in [-0.2, -0.15) is 0 Å². The molecule has 136 valence electrons. The van der Waals surface area contributed by atoms with Crippen molar-refractivity contribution in [3.8, 4) is 11.5 Å². The van der Waals surface area contributed by atoms with Gasteiger partial charge in [0.25, 0.3) is 5.91 Å². The van der Waals surface area contributed by atoms with Crippen molar-refractivity contribution in [2.75, 3.05) is 19.0 Å². The zero-order valence-electron chi connectivity index (χ0n) is 14.9. The minimum Gasteiger partial charge on any atom is -0.504 e. The summed E-state index contributed by atoms with van der Waals surface area (Å²) in [5.41, 5.74) is 3.29. The molecule has 0 aromatic heterocycles. The van der Waals surface area contributed by atoms with Crippen molar-refractivity contribution in [2.24, 2.45) is 0 Å². The molecule has 6 nitrogen and oxygen atoms in total. The molecule has 0 aliphatic heterocycles. The predicted molar refractivity (Wildman–Crippen MR) is 99.2 cm³/mol. The van der Waals surface area contributed by atoms with E-state index in [0.29, 0.717) is 17.0 Å². The number of aromatic hydroxyl groups is 1. The first-order valence-electron chi connectivity index (χ1n) is 7.98. The van der Waals surface area contributed by atoms with E-state index in [0.717, 1.165) is 11.1 Å². The molecule has 26 heavy (non-hydrogen) atoms. The molecule has 0 heterocycles. The van der Waals surface area contributed by atoms with Crippen LogP contribution in [0.4, 0.5) is 5.69 Å². The monoisotopic (exact) mass is 355 g/mol. The average molecular weight is 355 g/mol. The second-order valence-corrected chi connectivity index (χ2v) is 5.74. The number of phenolic OH excluding ortho intramolecular Hbond substituents is 1. The van der Waals surface area contributed by atoms with Crippen LogP contribution in [0.15, 0.2) is 42.5 Å². The second kappa shape index (κ2) is 8.71. The van der Waals surface area contributed by atoms with Gasteiger partial charge in [0.2, 0.25) is 0 Å². The summed E-state index contributed by atoms with van der Waals surface area (Å²) >= 11 is 0. The number of nitrogens with one attached hydrogen (secondary N) is 1. The van der Waals surface area contributed by atoms with Gasteiger partial charge in [-0.25, -0.2) is 4.79 Å². The third kappa shape index (κ3) is 5.37. The number of aryl methyl sites for hydroxylation is 2. The molecule has 0 saturated carbocycles. The van der Waals surface area contributed by atoms with Crippen LogP contribution in [0.5, 0.6) is 11.5 Å². The van der Waals surface area contributed by atoms with Gasteiger partial charge in [-0.1, -0.05) is 18.2 Å². The Labute approximate surface area is 152 Å². The van der Waals surface area contributed by atoms with Crippen LogP contribution >= 0.6 is 0 Å². The maximum atomic E-state index is 11.9. The molecule has 2 N–H and O–H groups in total. The fraction of sp³-hybridized carbons (Fsp3) is 0.200. The molecule has 1 amide bonds. The summed E-state index contributed by atoms with van der Waals surface area (Å²) in [5.74, 6) is -0.747. The van der Waals surface area contributed by atoms with Crippen molar-refractivity contribution in [2.45, 2.75) is 13.8 Å². The molecule has 0 bridgehead atoms. The fourth-order valence-corrected chi connectivity index (χ4v) is 2.20. The molecule has 0 aliphatic rings. The first kappa shape index (κ1) is 19.1. The topological polar surface area (TPSA) is 84.9 Å². The van der Waals surface area contributed by atoms with Crippen LogP contribution in [0.25, 0.3) is 6.08 Å². The zero-order chi connectivity index (χ0) is 19.1. The highest BCUT2D eigenvalue weighted by molar-refractivity contribution is 5.95. The van der Waals surface area contributed by atoms with Crippen LogP contribution in [0.3, 0.4) is 0 Å². The summed E-state index contributed by atoms with van der Waals surface area (Å²) in [4.78, 5) is 23.7. The lowest BCUT2D eigenvalue weighted by Gasteiger charge is -2.09. The molecule has 6 heteroatoms. The maximum absolute atomic E-state index is 11.9. The van der Waals surface area contributed by atoms with Crippen LogP contribution in [0.2, 0.25) is 0 Å². The van der Waals surface area contributed by atoms with Gasteiger partial charge in [0.05, 0.1) is 7.11 Å². The smallest absolute Gasteiger partial charge is 0.331 e. The highest BCUT2D eigenvalue weighted by Crippen LogP contribution is 2.26. The predicted octanol–water partition coefficient (Wildman–Crippen LogP) is 3.21. The number of anilines is 1. The van der Waals surface area contributed by atoms with E-state index in [2.05, 4.69) is 5.32 Å².